The molecule has 156 valence electrons. The summed E-state index contributed by atoms with van der Waals surface area (Å²) in [4.78, 5) is 22.9. The minimum atomic E-state index is -3.20. The molecule has 0 aliphatic heterocycles. The maximum absolute atomic E-state index is 12.5. The van der Waals surface area contributed by atoms with Crippen molar-refractivity contribution in [1.82, 2.24) is 20.2 Å². The summed E-state index contributed by atoms with van der Waals surface area (Å²) in [5.74, 6) is -1.46. The number of tetrazole rings is 1. The first-order valence-corrected chi connectivity index (χ1v) is 8.19. The molecule has 11 nitrogen and oxygen atoms in total. The lowest BCUT2D eigenvalue weighted by Gasteiger charge is -2.12. The van der Waals surface area contributed by atoms with Gasteiger partial charge in [0.15, 0.2) is 11.5 Å². The second-order valence-corrected chi connectivity index (χ2v) is 5.65. The van der Waals surface area contributed by atoms with Crippen LogP contribution in [0.4, 0.5) is 14.5 Å². The van der Waals surface area contributed by atoms with Gasteiger partial charge in [-0.15, -0.1) is 5.10 Å². The van der Waals surface area contributed by atoms with Crippen LogP contribution in [0.5, 0.6) is 11.5 Å². The standard InChI is InChI=1S/C17H13F2N5O6/c1-28-14-6-11(13(24(26)27)7-15(14)30-17(18)19)8-29-16(25)10-3-2-4-12(5-10)23-9-20-21-22-23/h2-7,9,17H,8H2,1H3. The number of hydrogen-bond acceptors (Lipinski definition) is 9. The van der Waals surface area contributed by atoms with E-state index in [1.54, 1.807) is 12.1 Å². The highest BCUT2D eigenvalue weighted by atomic mass is 19.3. The molecular formula is C17H13F2N5O6. The van der Waals surface area contributed by atoms with Gasteiger partial charge in [-0.05, 0) is 34.7 Å². The molecule has 0 atom stereocenters. The van der Waals surface area contributed by atoms with Crippen LogP contribution in [-0.4, -0.2) is 44.8 Å². The number of aromatic nitrogens is 4. The molecule has 0 aliphatic carbocycles. The number of ether oxygens (including phenoxy) is 3. The Labute approximate surface area is 166 Å². The van der Waals surface area contributed by atoms with Crippen molar-refractivity contribution in [2.75, 3.05) is 7.11 Å². The first-order valence-electron chi connectivity index (χ1n) is 8.19. The molecule has 1 heterocycles. The smallest absolute Gasteiger partial charge is 0.387 e. The number of esters is 1. The maximum Gasteiger partial charge on any atom is 0.387 e. The molecule has 0 aliphatic rings. The second-order valence-electron chi connectivity index (χ2n) is 5.65. The molecule has 0 saturated carbocycles. The lowest BCUT2D eigenvalue weighted by molar-refractivity contribution is -0.386. The molecule has 3 aromatic rings. The van der Waals surface area contributed by atoms with Crippen molar-refractivity contribution in [2.24, 2.45) is 0 Å². The molecule has 0 fully saturated rings. The van der Waals surface area contributed by atoms with Gasteiger partial charge in [0.05, 0.1) is 34.9 Å². The number of carbonyl (C=O) groups is 1. The first kappa shape index (κ1) is 20.6. The highest BCUT2D eigenvalue weighted by Crippen LogP contribution is 2.36. The molecule has 30 heavy (non-hydrogen) atoms. The van der Waals surface area contributed by atoms with Crippen molar-refractivity contribution >= 4 is 11.7 Å². The lowest BCUT2D eigenvalue weighted by atomic mass is 10.1. The summed E-state index contributed by atoms with van der Waals surface area (Å²) < 4.78 is 40.7. The van der Waals surface area contributed by atoms with Crippen LogP contribution in [0.25, 0.3) is 5.69 Å². The topological polar surface area (TPSA) is 132 Å². The lowest BCUT2D eigenvalue weighted by Crippen LogP contribution is -2.09. The van der Waals surface area contributed by atoms with E-state index in [4.69, 9.17) is 9.47 Å². The van der Waals surface area contributed by atoms with Gasteiger partial charge < -0.3 is 14.2 Å². The Morgan fingerprint density at radius 2 is 2.07 bits per heavy atom. The molecule has 0 unspecified atom stereocenters. The summed E-state index contributed by atoms with van der Waals surface area (Å²) in [7, 11) is 1.18. The molecule has 13 heteroatoms. The number of hydrogen-bond donors (Lipinski definition) is 0. The van der Waals surface area contributed by atoms with Crippen LogP contribution < -0.4 is 9.47 Å². The fraction of sp³-hybridized carbons (Fsp3) is 0.176. The van der Waals surface area contributed by atoms with Gasteiger partial charge in [-0.2, -0.15) is 8.78 Å². The van der Waals surface area contributed by atoms with E-state index in [2.05, 4.69) is 20.3 Å². The van der Waals surface area contributed by atoms with Crippen LogP contribution in [0.15, 0.2) is 42.7 Å². The molecule has 0 amide bonds. The number of nitro groups is 1. The third kappa shape index (κ3) is 4.63. The largest absolute Gasteiger partial charge is 0.493 e. The monoisotopic (exact) mass is 421 g/mol. The van der Waals surface area contributed by atoms with E-state index < -0.39 is 35.5 Å². The van der Waals surface area contributed by atoms with Crippen molar-refractivity contribution in [2.45, 2.75) is 13.2 Å². The Balaban J connectivity index is 1.82. The van der Waals surface area contributed by atoms with Crippen LogP contribution >= 0.6 is 0 Å². The van der Waals surface area contributed by atoms with E-state index in [9.17, 15) is 23.7 Å². The molecule has 3 rings (SSSR count). The van der Waals surface area contributed by atoms with Crippen molar-refractivity contribution in [3.8, 4) is 17.2 Å². The number of benzene rings is 2. The Kier molecular flexibility index (Phi) is 6.10. The number of nitro benzene ring substituents is 1. The average Bonchev–Trinajstić information content (AvgIpc) is 3.26. The first-order chi connectivity index (χ1) is 14.4. The zero-order valence-electron chi connectivity index (χ0n) is 15.3. The third-order valence-corrected chi connectivity index (χ3v) is 3.83. The summed E-state index contributed by atoms with van der Waals surface area (Å²) in [6, 6.07) is 8.06. The van der Waals surface area contributed by atoms with Crippen molar-refractivity contribution in [3.05, 3.63) is 64.0 Å². The number of rotatable bonds is 8. The minimum Gasteiger partial charge on any atom is -0.493 e. The molecule has 0 saturated heterocycles. The predicted molar refractivity (Wildman–Crippen MR) is 94.6 cm³/mol. The second kappa shape index (κ2) is 8.89. The summed E-state index contributed by atoms with van der Waals surface area (Å²) in [6.07, 6.45) is 1.34. The summed E-state index contributed by atoms with van der Waals surface area (Å²) in [6.45, 7) is -3.70. The van der Waals surface area contributed by atoms with Crippen LogP contribution in [0.1, 0.15) is 15.9 Å². The number of halogens is 2. The molecule has 0 N–H and O–H groups in total. The molecule has 1 aromatic heterocycles. The highest BCUT2D eigenvalue weighted by molar-refractivity contribution is 5.90. The number of nitrogens with zero attached hydrogens (tertiary/aromatic N) is 5. The maximum atomic E-state index is 12.5. The number of methoxy groups -OCH3 is 1. The van der Waals surface area contributed by atoms with Crippen LogP contribution in [0.3, 0.4) is 0 Å². The molecule has 0 spiro atoms. The van der Waals surface area contributed by atoms with Gasteiger partial charge in [0, 0.05) is 0 Å². The quantitative estimate of drug-likeness (QED) is 0.306. The van der Waals surface area contributed by atoms with Gasteiger partial charge in [-0.3, -0.25) is 10.1 Å². The van der Waals surface area contributed by atoms with Gasteiger partial charge in [0.2, 0.25) is 0 Å². The Bertz CT molecular complexity index is 1060. The van der Waals surface area contributed by atoms with Crippen LogP contribution in [0, 0.1) is 10.1 Å². The zero-order valence-corrected chi connectivity index (χ0v) is 15.3. The Morgan fingerprint density at radius 3 is 2.70 bits per heavy atom. The molecule has 0 radical (unpaired) electrons. The SMILES string of the molecule is COc1cc(COC(=O)c2cccc(-n3cnnn3)c2)c([N+](=O)[O-])cc1OC(F)F. The van der Waals surface area contributed by atoms with Gasteiger partial charge in [-0.1, -0.05) is 6.07 Å². The Morgan fingerprint density at radius 1 is 1.27 bits per heavy atom. The highest BCUT2D eigenvalue weighted by Gasteiger charge is 2.23. The third-order valence-electron chi connectivity index (χ3n) is 3.83. The van der Waals surface area contributed by atoms with Gasteiger partial charge in [0.25, 0.3) is 5.69 Å². The van der Waals surface area contributed by atoms with Crippen molar-refractivity contribution in [3.63, 3.8) is 0 Å². The molecule has 0 bridgehead atoms. The number of alkyl halides is 2. The molecule has 2 aromatic carbocycles. The normalized spacial score (nSPS) is 10.7. The minimum absolute atomic E-state index is 0.0663. The van der Waals surface area contributed by atoms with Crippen molar-refractivity contribution < 1.29 is 32.7 Å². The average molecular weight is 421 g/mol. The molecular weight excluding hydrogens is 408 g/mol. The van der Waals surface area contributed by atoms with Gasteiger partial charge in [0.1, 0.15) is 12.9 Å². The van der Waals surface area contributed by atoms with E-state index in [-0.39, 0.29) is 16.9 Å². The Hall–Kier alpha value is -4.16. The van der Waals surface area contributed by atoms with E-state index in [0.717, 1.165) is 12.1 Å². The van der Waals surface area contributed by atoms with Gasteiger partial charge >= 0.3 is 12.6 Å². The van der Waals surface area contributed by atoms with E-state index >= 15 is 0 Å². The number of carbonyl (C=O) groups excluding carboxylic acids is 1. The van der Waals surface area contributed by atoms with E-state index in [1.807, 2.05) is 0 Å². The van der Waals surface area contributed by atoms with Crippen LogP contribution in [-0.2, 0) is 11.3 Å². The van der Waals surface area contributed by atoms with E-state index in [1.165, 1.54) is 30.3 Å². The fourth-order valence-corrected chi connectivity index (χ4v) is 2.51. The summed E-state index contributed by atoms with van der Waals surface area (Å²) >= 11 is 0. The van der Waals surface area contributed by atoms with Crippen LogP contribution in [0.2, 0.25) is 0 Å². The van der Waals surface area contributed by atoms with Crippen molar-refractivity contribution in [1.29, 1.82) is 0 Å². The predicted octanol–water partition coefficient (Wildman–Crippen LogP) is 2.54. The summed E-state index contributed by atoms with van der Waals surface area (Å²) in [5, 5.41) is 22.0. The van der Waals surface area contributed by atoms with Gasteiger partial charge in [-0.25, -0.2) is 9.48 Å². The van der Waals surface area contributed by atoms with E-state index in [0.29, 0.717) is 5.69 Å². The zero-order chi connectivity index (χ0) is 21.7. The summed E-state index contributed by atoms with van der Waals surface area (Å²) in [5.41, 5.74) is 0.0102. The fourth-order valence-electron chi connectivity index (χ4n) is 2.51.